The fourth-order valence-electron chi connectivity index (χ4n) is 4.57. The molecule has 0 unspecified atom stereocenters. The molecule has 1 aromatic heterocycles. The molecule has 172 valence electrons. The van der Waals surface area contributed by atoms with Crippen LogP contribution >= 0.6 is 0 Å². The highest BCUT2D eigenvalue weighted by Crippen LogP contribution is 2.42. The highest BCUT2D eigenvalue weighted by molar-refractivity contribution is 6.08. The maximum absolute atomic E-state index is 13.9. The quantitative estimate of drug-likeness (QED) is 0.319. The largest absolute Gasteiger partial charge is 0.497 e. The van der Waals surface area contributed by atoms with Crippen molar-refractivity contribution in [1.82, 2.24) is 9.55 Å². The van der Waals surface area contributed by atoms with Gasteiger partial charge in [-0.3, -0.25) is 14.5 Å². The van der Waals surface area contributed by atoms with Gasteiger partial charge in [-0.1, -0.05) is 54.6 Å². The molecule has 0 fully saturated rings. The number of nitrogens with zero attached hydrogens (tertiary/aromatic N) is 3. The van der Waals surface area contributed by atoms with Gasteiger partial charge in [-0.2, -0.15) is 0 Å². The van der Waals surface area contributed by atoms with Gasteiger partial charge in [0.1, 0.15) is 5.75 Å². The van der Waals surface area contributed by atoms with Crippen molar-refractivity contribution in [1.29, 1.82) is 0 Å². The van der Waals surface area contributed by atoms with E-state index in [4.69, 9.17) is 14.5 Å². The summed E-state index contributed by atoms with van der Waals surface area (Å²) >= 11 is 0. The summed E-state index contributed by atoms with van der Waals surface area (Å²) in [5, 5.41) is 0. The van der Waals surface area contributed by atoms with E-state index < -0.39 is 17.9 Å². The van der Waals surface area contributed by atoms with Crippen LogP contribution in [0.25, 0.3) is 11.0 Å². The van der Waals surface area contributed by atoms with Crippen molar-refractivity contribution in [3.8, 4) is 5.75 Å². The van der Waals surface area contributed by atoms with Gasteiger partial charge in [0.25, 0.3) is 0 Å². The number of benzene rings is 3. The number of rotatable bonds is 6. The monoisotopic (exact) mass is 455 g/mol. The molecule has 0 spiro atoms. The molecule has 1 aliphatic rings. The molecule has 7 heteroatoms. The molecule has 34 heavy (non-hydrogen) atoms. The lowest BCUT2D eigenvalue weighted by Gasteiger charge is -2.38. The molecule has 0 N–H and O–H groups in total. The van der Waals surface area contributed by atoms with Gasteiger partial charge in [0.2, 0.25) is 11.9 Å². The van der Waals surface area contributed by atoms with Crippen molar-refractivity contribution in [2.24, 2.45) is 5.92 Å². The number of ether oxygens (including phenoxy) is 2. The van der Waals surface area contributed by atoms with E-state index in [0.29, 0.717) is 18.2 Å². The molecular weight excluding hydrogens is 430 g/mol. The smallest absolute Gasteiger partial charge is 0.321 e. The van der Waals surface area contributed by atoms with E-state index in [1.807, 2.05) is 83.4 Å². The van der Waals surface area contributed by atoms with Crippen molar-refractivity contribution in [2.45, 2.75) is 19.5 Å². The third-order valence-corrected chi connectivity index (χ3v) is 6.13. The number of carbonyl (C=O) groups is 2. The minimum atomic E-state index is -1.05. The van der Waals surface area contributed by atoms with Crippen LogP contribution in [0.5, 0.6) is 5.75 Å². The van der Waals surface area contributed by atoms with Gasteiger partial charge in [-0.15, -0.1) is 0 Å². The van der Waals surface area contributed by atoms with Crippen LogP contribution < -0.4 is 9.64 Å². The van der Waals surface area contributed by atoms with E-state index in [1.54, 1.807) is 18.9 Å². The number of amides is 1. The summed E-state index contributed by atoms with van der Waals surface area (Å²) in [6.45, 7) is 2.23. The van der Waals surface area contributed by atoms with E-state index in [-0.39, 0.29) is 12.5 Å². The van der Waals surface area contributed by atoms with Gasteiger partial charge in [0.15, 0.2) is 5.92 Å². The predicted octanol–water partition coefficient (Wildman–Crippen LogP) is 4.36. The van der Waals surface area contributed by atoms with Crippen LogP contribution in [0.2, 0.25) is 0 Å². The van der Waals surface area contributed by atoms with E-state index >= 15 is 0 Å². The van der Waals surface area contributed by atoms with Crippen LogP contribution in [-0.2, 0) is 20.9 Å². The molecule has 0 radical (unpaired) electrons. The Kier molecular flexibility index (Phi) is 5.76. The van der Waals surface area contributed by atoms with E-state index in [9.17, 15) is 9.59 Å². The molecule has 2 atom stereocenters. The third-order valence-electron chi connectivity index (χ3n) is 6.13. The number of hydrogen-bond acceptors (Lipinski definition) is 5. The summed E-state index contributed by atoms with van der Waals surface area (Å²) in [5.74, 6) is -0.723. The zero-order chi connectivity index (χ0) is 23.7. The molecule has 0 aliphatic carbocycles. The number of aromatic nitrogens is 2. The lowest BCUT2D eigenvalue weighted by molar-refractivity contribution is -0.153. The van der Waals surface area contributed by atoms with Gasteiger partial charge < -0.3 is 14.0 Å². The second-order valence-electron chi connectivity index (χ2n) is 8.13. The Bertz CT molecular complexity index is 1330. The highest BCUT2D eigenvalue weighted by atomic mass is 16.5. The van der Waals surface area contributed by atoms with Crippen molar-refractivity contribution in [3.05, 3.63) is 90.0 Å². The molecule has 3 aromatic carbocycles. The molecule has 4 aromatic rings. The molecule has 7 nitrogen and oxygen atoms in total. The summed E-state index contributed by atoms with van der Waals surface area (Å²) < 4.78 is 12.7. The van der Waals surface area contributed by atoms with Gasteiger partial charge in [0, 0.05) is 0 Å². The fourth-order valence-corrected chi connectivity index (χ4v) is 4.57. The second-order valence-corrected chi connectivity index (χ2v) is 8.13. The highest BCUT2D eigenvalue weighted by Gasteiger charge is 2.47. The number of methoxy groups -OCH3 is 1. The normalized spacial score (nSPS) is 17.5. The number of imidazole rings is 1. The van der Waals surface area contributed by atoms with Crippen molar-refractivity contribution < 1.29 is 19.1 Å². The first-order chi connectivity index (χ1) is 16.6. The number of esters is 1. The molecular formula is C27H25N3O4. The summed E-state index contributed by atoms with van der Waals surface area (Å²) in [4.78, 5) is 33.6. The first-order valence-corrected chi connectivity index (χ1v) is 11.2. The SMILES string of the molecule is CCOC(=O)[C@@H]1C(=O)N(Cc2ccccc2)c2nc3ccccc3n2[C@@H]1c1ccc(OC)cc1. The van der Waals surface area contributed by atoms with E-state index in [1.165, 1.54) is 0 Å². The van der Waals surface area contributed by atoms with Gasteiger partial charge >= 0.3 is 5.97 Å². The average Bonchev–Trinajstić information content (AvgIpc) is 3.25. The Labute approximate surface area is 197 Å². The molecule has 1 aliphatic heterocycles. The van der Waals surface area contributed by atoms with Crippen LogP contribution in [-0.4, -0.2) is 35.1 Å². The zero-order valence-electron chi connectivity index (χ0n) is 19.0. The predicted molar refractivity (Wildman–Crippen MR) is 129 cm³/mol. The van der Waals surface area contributed by atoms with Gasteiger partial charge in [-0.05, 0) is 42.3 Å². The zero-order valence-corrected chi connectivity index (χ0v) is 19.0. The standard InChI is InChI=1S/C27H25N3O4/c1-3-34-26(32)23-24(19-13-15-20(33-2)16-14-19)30-22-12-8-7-11-21(22)28-27(30)29(25(23)31)17-18-9-5-4-6-10-18/h4-16,23-24H,3,17H2,1-2H3/t23-,24+/m0/s1. The molecule has 5 rings (SSSR count). The maximum Gasteiger partial charge on any atom is 0.321 e. The van der Waals surface area contributed by atoms with E-state index in [2.05, 4.69) is 0 Å². The summed E-state index contributed by atoms with van der Waals surface area (Å²) in [5.41, 5.74) is 3.35. The van der Waals surface area contributed by atoms with Crippen molar-refractivity contribution >= 4 is 28.9 Å². The molecule has 1 amide bonds. The van der Waals surface area contributed by atoms with Crippen molar-refractivity contribution in [3.63, 3.8) is 0 Å². The Balaban J connectivity index is 1.73. The Morgan fingerprint density at radius 2 is 1.68 bits per heavy atom. The topological polar surface area (TPSA) is 73.7 Å². The molecule has 0 saturated carbocycles. The molecule has 0 saturated heterocycles. The number of hydrogen-bond donors (Lipinski definition) is 0. The first-order valence-electron chi connectivity index (χ1n) is 11.2. The van der Waals surface area contributed by atoms with E-state index in [0.717, 1.165) is 22.2 Å². The summed E-state index contributed by atoms with van der Waals surface area (Å²) in [6, 6.07) is 24.2. The van der Waals surface area contributed by atoms with Gasteiger partial charge in [-0.25, -0.2) is 4.98 Å². The Morgan fingerprint density at radius 3 is 2.38 bits per heavy atom. The minimum Gasteiger partial charge on any atom is -0.497 e. The van der Waals surface area contributed by atoms with Crippen molar-refractivity contribution in [2.75, 3.05) is 18.6 Å². The third kappa shape index (κ3) is 3.69. The number of anilines is 1. The lowest BCUT2D eigenvalue weighted by atomic mass is 9.89. The number of fused-ring (bicyclic) bond motifs is 3. The summed E-state index contributed by atoms with van der Waals surface area (Å²) in [6.07, 6.45) is 0. The number of carbonyl (C=O) groups excluding carboxylic acids is 2. The lowest BCUT2D eigenvalue weighted by Crippen LogP contribution is -2.49. The first kappa shape index (κ1) is 21.7. The van der Waals surface area contributed by atoms with Crippen LogP contribution in [0.3, 0.4) is 0 Å². The maximum atomic E-state index is 13.9. The fraction of sp³-hybridized carbons (Fsp3) is 0.222. The van der Waals surface area contributed by atoms with Crippen LogP contribution in [0.1, 0.15) is 24.1 Å². The molecule has 0 bridgehead atoms. The Hall–Kier alpha value is -4.13. The molecule has 2 heterocycles. The second kappa shape index (κ2) is 9.02. The Morgan fingerprint density at radius 1 is 0.971 bits per heavy atom. The van der Waals surface area contributed by atoms with Crippen LogP contribution in [0.4, 0.5) is 5.95 Å². The van der Waals surface area contributed by atoms with Crippen LogP contribution in [0.15, 0.2) is 78.9 Å². The minimum absolute atomic E-state index is 0.189. The van der Waals surface area contributed by atoms with Crippen LogP contribution in [0, 0.1) is 5.92 Å². The average molecular weight is 456 g/mol. The number of para-hydroxylation sites is 2. The summed E-state index contributed by atoms with van der Waals surface area (Å²) in [7, 11) is 1.60. The van der Waals surface area contributed by atoms with Gasteiger partial charge in [0.05, 0.1) is 37.3 Å².